The van der Waals surface area contributed by atoms with Gasteiger partial charge in [0, 0.05) is 16.8 Å². The fraction of sp³-hybridized carbons (Fsp3) is 0.0909. The predicted molar refractivity (Wildman–Crippen MR) is 109 cm³/mol. The number of para-hydroxylation sites is 1. The molecular formula is C22H18N2OS. The number of benzene rings is 3. The summed E-state index contributed by atoms with van der Waals surface area (Å²) in [5, 5.41) is 4.21. The van der Waals surface area contributed by atoms with Gasteiger partial charge in [0.25, 0.3) is 0 Å². The number of anilines is 1. The van der Waals surface area contributed by atoms with E-state index in [1.54, 1.807) is 11.3 Å². The number of fused-ring (bicyclic) bond motifs is 1. The Bertz CT molecular complexity index is 1030. The highest BCUT2D eigenvalue weighted by Crippen LogP contribution is 2.31. The van der Waals surface area contributed by atoms with E-state index in [0.29, 0.717) is 0 Å². The monoisotopic (exact) mass is 358 g/mol. The molecule has 0 saturated heterocycles. The smallest absolute Gasteiger partial charge is 0.181 e. The van der Waals surface area contributed by atoms with Gasteiger partial charge in [-0.1, -0.05) is 54.1 Å². The molecule has 0 aliphatic carbocycles. The van der Waals surface area contributed by atoms with Crippen molar-refractivity contribution in [2.24, 2.45) is 0 Å². The van der Waals surface area contributed by atoms with E-state index < -0.39 is 0 Å². The van der Waals surface area contributed by atoms with Crippen molar-refractivity contribution >= 4 is 33.0 Å². The number of aromatic nitrogens is 1. The molecule has 0 spiro atoms. The summed E-state index contributed by atoms with van der Waals surface area (Å²) < 4.78 is 1.18. The number of Topliss-reactive ketones (excluding diaryl/α,β-unsaturated/α-hetero) is 1. The Morgan fingerprint density at radius 2 is 1.81 bits per heavy atom. The second kappa shape index (κ2) is 7.10. The number of carbonyl (C=O) groups is 1. The fourth-order valence-electron chi connectivity index (χ4n) is 2.78. The highest BCUT2D eigenvalue weighted by molar-refractivity contribution is 7.21. The van der Waals surface area contributed by atoms with Crippen molar-refractivity contribution < 1.29 is 4.79 Å². The zero-order valence-corrected chi connectivity index (χ0v) is 15.2. The van der Waals surface area contributed by atoms with Crippen molar-refractivity contribution in [2.75, 3.05) is 11.9 Å². The molecule has 4 rings (SSSR count). The Balaban J connectivity index is 1.50. The number of rotatable bonds is 5. The van der Waals surface area contributed by atoms with E-state index in [0.717, 1.165) is 32.9 Å². The maximum atomic E-state index is 12.3. The van der Waals surface area contributed by atoms with E-state index in [4.69, 9.17) is 4.98 Å². The van der Waals surface area contributed by atoms with Crippen molar-refractivity contribution in [1.82, 2.24) is 4.98 Å². The van der Waals surface area contributed by atoms with Crippen LogP contribution in [0.4, 0.5) is 5.69 Å². The summed E-state index contributed by atoms with van der Waals surface area (Å²) in [6.07, 6.45) is 0. The van der Waals surface area contributed by atoms with Crippen LogP contribution in [0.1, 0.15) is 15.9 Å². The number of nitrogens with one attached hydrogen (secondary N) is 1. The van der Waals surface area contributed by atoms with E-state index in [-0.39, 0.29) is 12.3 Å². The average Bonchev–Trinajstić information content (AvgIpc) is 3.11. The molecule has 0 amide bonds. The van der Waals surface area contributed by atoms with Gasteiger partial charge < -0.3 is 5.32 Å². The maximum absolute atomic E-state index is 12.3. The molecule has 3 aromatic carbocycles. The largest absolute Gasteiger partial charge is 0.378 e. The maximum Gasteiger partial charge on any atom is 0.181 e. The van der Waals surface area contributed by atoms with Gasteiger partial charge in [-0.05, 0) is 31.2 Å². The molecule has 1 N–H and O–H groups in total. The van der Waals surface area contributed by atoms with Crippen LogP contribution in [0.2, 0.25) is 0 Å². The van der Waals surface area contributed by atoms with Crippen LogP contribution >= 0.6 is 11.3 Å². The Labute approximate surface area is 156 Å². The first-order chi connectivity index (χ1) is 12.7. The minimum atomic E-state index is 0.0791. The van der Waals surface area contributed by atoms with Crippen LogP contribution in [0.15, 0.2) is 72.8 Å². The quantitative estimate of drug-likeness (QED) is 0.474. The fourth-order valence-corrected chi connectivity index (χ4v) is 3.74. The van der Waals surface area contributed by atoms with Gasteiger partial charge in [0.2, 0.25) is 0 Å². The molecule has 0 radical (unpaired) electrons. The van der Waals surface area contributed by atoms with E-state index in [1.165, 1.54) is 4.70 Å². The lowest BCUT2D eigenvalue weighted by Crippen LogP contribution is -2.13. The second-order valence-electron chi connectivity index (χ2n) is 6.21. The van der Waals surface area contributed by atoms with E-state index in [2.05, 4.69) is 11.4 Å². The lowest BCUT2D eigenvalue weighted by molar-refractivity contribution is 0.101. The topological polar surface area (TPSA) is 42.0 Å². The van der Waals surface area contributed by atoms with Crippen molar-refractivity contribution in [3.63, 3.8) is 0 Å². The Morgan fingerprint density at radius 3 is 2.62 bits per heavy atom. The Morgan fingerprint density at radius 1 is 1.00 bits per heavy atom. The molecule has 128 valence electrons. The lowest BCUT2D eigenvalue weighted by Gasteiger charge is -2.07. The number of hydrogen-bond donors (Lipinski definition) is 1. The highest BCUT2D eigenvalue weighted by Gasteiger charge is 2.08. The summed E-state index contributed by atoms with van der Waals surface area (Å²) in [5.74, 6) is 0.0791. The summed E-state index contributed by atoms with van der Waals surface area (Å²) in [7, 11) is 0. The predicted octanol–water partition coefficient (Wildman–Crippen LogP) is 5.57. The number of aryl methyl sites for hydroxylation is 1. The van der Waals surface area contributed by atoms with Gasteiger partial charge in [0.05, 0.1) is 16.8 Å². The van der Waals surface area contributed by atoms with E-state index in [1.807, 2.05) is 73.7 Å². The molecule has 4 heteroatoms. The number of ketones is 1. The zero-order valence-electron chi connectivity index (χ0n) is 14.4. The molecule has 0 aliphatic rings. The van der Waals surface area contributed by atoms with E-state index >= 15 is 0 Å². The molecule has 4 aromatic rings. The van der Waals surface area contributed by atoms with Crippen molar-refractivity contribution in [3.05, 3.63) is 83.9 Å². The summed E-state index contributed by atoms with van der Waals surface area (Å²) >= 11 is 1.68. The third-order valence-corrected chi connectivity index (χ3v) is 5.32. The van der Waals surface area contributed by atoms with Crippen LogP contribution in [0.25, 0.3) is 20.8 Å². The Hall–Kier alpha value is -2.98. The van der Waals surface area contributed by atoms with Crippen molar-refractivity contribution in [3.8, 4) is 10.6 Å². The minimum absolute atomic E-state index is 0.0791. The molecule has 26 heavy (non-hydrogen) atoms. The molecule has 0 saturated carbocycles. The number of carbonyl (C=O) groups excluding carboxylic acids is 1. The molecule has 0 bridgehead atoms. The third kappa shape index (κ3) is 3.51. The molecule has 0 unspecified atom stereocenters. The third-order valence-electron chi connectivity index (χ3n) is 4.23. The molecule has 3 nitrogen and oxygen atoms in total. The average molecular weight is 358 g/mol. The first-order valence-corrected chi connectivity index (χ1v) is 9.30. The first-order valence-electron chi connectivity index (χ1n) is 8.49. The minimum Gasteiger partial charge on any atom is -0.378 e. The summed E-state index contributed by atoms with van der Waals surface area (Å²) in [5.41, 5.74) is 4.87. The van der Waals surface area contributed by atoms with Gasteiger partial charge in [0.15, 0.2) is 5.78 Å². The lowest BCUT2D eigenvalue weighted by atomic mass is 10.1. The number of nitrogens with zero attached hydrogens (tertiary/aromatic N) is 1. The standard InChI is InChI=1S/C22H18N2OS/c1-15-9-11-16(12-10-15)20(25)14-23-18-6-4-5-17(13-18)22-24-19-7-2-3-8-21(19)26-22/h2-13,23H,14H2,1H3. The molecule has 0 atom stereocenters. The van der Waals surface area contributed by atoms with Crippen LogP contribution in [0.3, 0.4) is 0 Å². The van der Waals surface area contributed by atoms with Crippen LogP contribution in [-0.2, 0) is 0 Å². The zero-order chi connectivity index (χ0) is 17.9. The normalized spacial score (nSPS) is 10.8. The second-order valence-corrected chi connectivity index (χ2v) is 7.24. The van der Waals surface area contributed by atoms with Crippen LogP contribution in [-0.4, -0.2) is 17.3 Å². The van der Waals surface area contributed by atoms with Gasteiger partial charge in [-0.15, -0.1) is 11.3 Å². The van der Waals surface area contributed by atoms with Crippen LogP contribution < -0.4 is 5.32 Å². The SMILES string of the molecule is Cc1ccc(C(=O)CNc2cccc(-c3nc4ccccc4s3)c2)cc1. The molecular weight excluding hydrogens is 340 g/mol. The van der Waals surface area contributed by atoms with Gasteiger partial charge in [0.1, 0.15) is 5.01 Å². The van der Waals surface area contributed by atoms with Crippen molar-refractivity contribution in [1.29, 1.82) is 0 Å². The van der Waals surface area contributed by atoms with Gasteiger partial charge in [-0.25, -0.2) is 4.98 Å². The summed E-state index contributed by atoms with van der Waals surface area (Å²) in [6, 6.07) is 23.8. The molecule has 0 aliphatic heterocycles. The van der Waals surface area contributed by atoms with Gasteiger partial charge >= 0.3 is 0 Å². The molecule has 1 heterocycles. The number of hydrogen-bond acceptors (Lipinski definition) is 4. The summed E-state index contributed by atoms with van der Waals surface area (Å²) in [6.45, 7) is 2.28. The molecule has 1 aromatic heterocycles. The van der Waals surface area contributed by atoms with E-state index in [9.17, 15) is 4.79 Å². The van der Waals surface area contributed by atoms with Crippen molar-refractivity contribution in [2.45, 2.75) is 6.92 Å². The van der Waals surface area contributed by atoms with Gasteiger partial charge in [-0.3, -0.25) is 4.79 Å². The molecule has 0 fully saturated rings. The summed E-state index contributed by atoms with van der Waals surface area (Å²) in [4.78, 5) is 17.0. The first kappa shape index (κ1) is 16.5. The highest BCUT2D eigenvalue weighted by atomic mass is 32.1. The van der Waals surface area contributed by atoms with Crippen LogP contribution in [0.5, 0.6) is 0 Å². The Kier molecular flexibility index (Phi) is 4.50. The van der Waals surface area contributed by atoms with Crippen LogP contribution in [0, 0.1) is 6.92 Å². The van der Waals surface area contributed by atoms with Gasteiger partial charge in [-0.2, -0.15) is 0 Å². The number of thiazole rings is 1.